The molecule has 0 unspecified atom stereocenters. The predicted octanol–water partition coefficient (Wildman–Crippen LogP) is 1.93. The Morgan fingerprint density at radius 1 is 1.12 bits per heavy atom. The average Bonchev–Trinajstić information content (AvgIpc) is 2.95. The van der Waals surface area contributed by atoms with Crippen molar-refractivity contribution in [3.63, 3.8) is 0 Å². The molecule has 0 radical (unpaired) electrons. The quantitative estimate of drug-likeness (QED) is 0.860. The molecule has 0 bridgehead atoms. The van der Waals surface area contributed by atoms with E-state index in [-0.39, 0.29) is 11.7 Å². The Balaban J connectivity index is 1.67. The number of amides is 1. The van der Waals surface area contributed by atoms with Gasteiger partial charge in [-0.15, -0.1) is 0 Å². The van der Waals surface area contributed by atoms with E-state index in [4.69, 9.17) is 0 Å². The lowest BCUT2D eigenvalue weighted by Gasteiger charge is -2.32. The normalized spacial score (nSPS) is 15.7. The van der Waals surface area contributed by atoms with E-state index in [2.05, 4.69) is 17.0 Å². The summed E-state index contributed by atoms with van der Waals surface area (Å²) in [6.07, 6.45) is 3.06. The molecule has 0 saturated carbocycles. The molecule has 1 aliphatic rings. The Labute approximate surface area is 141 Å². The van der Waals surface area contributed by atoms with Crippen molar-refractivity contribution in [2.24, 2.45) is 7.05 Å². The Bertz CT molecular complexity index is 702. The lowest BCUT2D eigenvalue weighted by molar-refractivity contribution is -0.132. The highest BCUT2D eigenvalue weighted by Crippen LogP contribution is 2.23. The van der Waals surface area contributed by atoms with Crippen LogP contribution in [0.4, 0.5) is 4.39 Å². The van der Waals surface area contributed by atoms with Gasteiger partial charge in [-0.05, 0) is 43.3 Å². The Kier molecular flexibility index (Phi) is 4.94. The summed E-state index contributed by atoms with van der Waals surface area (Å²) in [5.41, 5.74) is 2.72. The lowest BCUT2D eigenvalue weighted by Crippen LogP contribution is -2.47. The molecule has 1 saturated heterocycles. The molecule has 2 aromatic rings. The molecule has 2 heterocycles. The highest BCUT2D eigenvalue weighted by Gasteiger charge is 2.19. The molecule has 0 N–H and O–H groups in total. The second-order valence-electron chi connectivity index (χ2n) is 6.37. The summed E-state index contributed by atoms with van der Waals surface area (Å²) in [5.74, 6) is -0.0708. The van der Waals surface area contributed by atoms with Crippen LogP contribution in [0.3, 0.4) is 0 Å². The molecule has 5 nitrogen and oxygen atoms in total. The maximum Gasteiger partial charge on any atom is 0.222 e. The van der Waals surface area contributed by atoms with Gasteiger partial charge in [0.15, 0.2) is 0 Å². The molecule has 1 aliphatic heterocycles. The number of benzene rings is 1. The first-order valence-electron chi connectivity index (χ1n) is 8.28. The number of aryl methyl sites for hydroxylation is 2. The van der Waals surface area contributed by atoms with Crippen LogP contribution in [0.15, 0.2) is 30.5 Å². The molecule has 6 heteroatoms. The predicted molar refractivity (Wildman–Crippen MR) is 91.0 cm³/mol. The van der Waals surface area contributed by atoms with Gasteiger partial charge >= 0.3 is 0 Å². The van der Waals surface area contributed by atoms with E-state index in [0.29, 0.717) is 12.8 Å². The molecule has 128 valence electrons. The van der Waals surface area contributed by atoms with Gasteiger partial charge in [0.2, 0.25) is 5.91 Å². The van der Waals surface area contributed by atoms with Crippen molar-refractivity contribution in [1.29, 1.82) is 0 Å². The minimum Gasteiger partial charge on any atom is -0.340 e. The third-order valence-corrected chi connectivity index (χ3v) is 4.49. The number of nitrogens with zero attached hydrogens (tertiary/aromatic N) is 4. The first-order chi connectivity index (χ1) is 11.5. The minimum absolute atomic E-state index is 0.192. The fourth-order valence-corrected chi connectivity index (χ4v) is 3.03. The van der Waals surface area contributed by atoms with Gasteiger partial charge in [-0.25, -0.2) is 4.39 Å². The van der Waals surface area contributed by atoms with Crippen molar-refractivity contribution in [2.75, 3.05) is 33.2 Å². The molecule has 1 aromatic carbocycles. The first kappa shape index (κ1) is 16.6. The molecule has 1 fully saturated rings. The number of carbonyl (C=O) groups is 1. The lowest BCUT2D eigenvalue weighted by atomic mass is 10.0. The summed E-state index contributed by atoms with van der Waals surface area (Å²) >= 11 is 0. The summed E-state index contributed by atoms with van der Waals surface area (Å²) in [6.45, 7) is 3.46. The summed E-state index contributed by atoms with van der Waals surface area (Å²) in [5, 5.41) is 4.47. The highest BCUT2D eigenvalue weighted by atomic mass is 19.1. The van der Waals surface area contributed by atoms with E-state index < -0.39 is 0 Å². The van der Waals surface area contributed by atoms with Gasteiger partial charge in [0.1, 0.15) is 5.82 Å². The van der Waals surface area contributed by atoms with Crippen LogP contribution < -0.4 is 0 Å². The zero-order valence-corrected chi connectivity index (χ0v) is 14.2. The number of aromatic nitrogens is 2. The second kappa shape index (κ2) is 7.13. The van der Waals surface area contributed by atoms with Crippen LogP contribution in [0.25, 0.3) is 11.3 Å². The molecule has 1 aromatic heterocycles. The maximum absolute atomic E-state index is 13.1. The number of likely N-dealkylation sites (N-methyl/N-ethyl adjacent to an activating group) is 1. The van der Waals surface area contributed by atoms with Crippen LogP contribution in [0.1, 0.15) is 12.0 Å². The number of hydrogen-bond acceptors (Lipinski definition) is 3. The molecule has 0 aliphatic carbocycles. The number of rotatable bonds is 4. The van der Waals surface area contributed by atoms with E-state index in [0.717, 1.165) is 43.0 Å². The molecular formula is C18H23FN4O. The van der Waals surface area contributed by atoms with Crippen LogP contribution in [-0.4, -0.2) is 58.7 Å². The maximum atomic E-state index is 13.1. The molecule has 0 spiro atoms. The van der Waals surface area contributed by atoms with E-state index >= 15 is 0 Å². The van der Waals surface area contributed by atoms with Crippen molar-refractivity contribution in [1.82, 2.24) is 19.6 Å². The third kappa shape index (κ3) is 3.82. The summed E-state index contributed by atoms with van der Waals surface area (Å²) in [7, 11) is 3.94. The molecule has 24 heavy (non-hydrogen) atoms. The fourth-order valence-electron chi connectivity index (χ4n) is 3.03. The Hall–Kier alpha value is -2.21. The minimum atomic E-state index is -0.263. The van der Waals surface area contributed by atoms with Crippen molar-refractivity contribution in [3.05, 3.63) is 41.8 Å². The average molecular weight is 330 g/mol. The van der Waals surface area contributed by atoms with Crippen molar-refractivity contribution >= 4 is 5.91 Å². The van der Waals surface area contributed by atoms with Gasteiger partial charge in [0, 0.05) is 51.4 Å². The molecule has 1 amide bonds. The second-order valence-corrected chi connectivity index (χ2v) is 6.37. The van der Waals surface area contributed by atoms with Crippen LogP contribution >= 0.6 is 0 Å². The fraction of sp³-hybridized carbons (Fsp3) is 0.444. The topological polar surface area (TPSA) is 41.4 Å². The van der Waals surface area contributed by atoms with Gasteiger partial charge in [-0.1, -0.05) is 0 Å². The molecular weight excluding hydrogens is 307 g/mol. The zero-order chi connectivity index (χ0) is 17.1. The number of carbonyl (C=O) groups excluding carboxylic acids is 1. The van der Waals surface area contributed by atoms with Crippen molar-refractivity contribution in [2.45, 2.75) is 12.8 Å². The standard InChI is InChI=1S/C18H23FN4O/c1-21-9-11-23(12-10-21)17(24)8-5-15-13-22(2)20-18(15)14-3-6-16(19)7-4-14/h3-4,6-7,13H,5,8-12H2,1-2H3. The summed E-state index contributed by atoms with van der Waals surface area (Å²) < 4.78 is 14.9. The van der Waals surface area contributed by atoms with E-state index in [1.165, 1.54) is 12.1 Å². The molecule has 3 rings (SSSR count). The Morgan fingerprint density at radius 3 is 2.46 bits per heavy atom. The SMILES string of the molecule is CN1CCN(C(=O)CCc2cn(C)nc2-c2ccc(F)cc2)CC1. The van der Waals surface area contributed by atoms with Crippen LogP contribution in [0.2, 0.25) is 0 Å². The Morgan fingerprint density at radius 2 is 1.79 bits per heavy atom. The summed E-state index contributed by atoms with van der Waals surface area (Å²) in [4.78, 5) is 16.6. The smallest absolute Gasteiger partial charge is 0.222 e. The number of piperazine rings is 1. The third-order valence-electron chi connectivity index (χ3n) is 4.49. The van der Waals surface area contributed by atoms with E-state index in [1.807, 2.05) is 18.1 Å². The van der Waals surface area contributed by atoms with Crippen molar-refractivity contribution < 1.29 is 9.18 Å². The largest absolute Gasteiger partial charge is 0.340 e. The van der Waals surface area contributed by atoms with Crippen LogP contribution in [0, 0.1) is 5.82 Å². The van der Waals surface area contributed by atoms with E-state index in [9.17, 15) is 9.18 Å². The zero-order valence-electron chi connectivity index (χ0n) is 14.2. The van der Waals surface area contributed by atoms with Gasteiger partial charge in [-0.2, -0.15) is 5.10 Å². The monoisotopic (exact) mass is 330 g/mol. The van der Waals surface area contributed by atoms with Gasteiger partial charge in [0.05, 0.1) is 5.69 Å². The van der Waals surface area contributed by atoms with Gasteiger partial charge in [-0.3, -0.25) is 9.48 Å². The summed E-state index contributed by atoms with van der Waals surface area (Å²) in [6, 6.07) is 6.32. The van der Waals surface area contributed by atoms with Crippen LogP contribution in [0.5, 0.6) is 0 Å². The first-order valence-corrected chi connectivity index (χ1v) is 8.28. The van der Waals surface area contributed by atoms with Gasteiger partial charge in [0.25, 0.3) is 0 Å². The van der Waals surface area contributed by atoms with Gasteiger partial charge < -0.3 is 9.80 Å². The van der Waals surface area contributed by atoms with Crippen molar-refractivity contribution in [3.8, 4) is 11.3 Å². The molecule has 0 atom stereocenters. The highest BCUT2D eigenvalue weighted by molar-refractivity contribution is 5.77. The van der Waals surface area contributed by atoms with E-state index in [1.54, 1.807) is 16.8 Å². The number of hydrogen-bond donors (Lipinski definition) is 0. The number of halogens is 1. The van der Waals surface area contributed by atoms with Crippen LogP contribution in [-0.2, 0) is 18.3 Å².